The van der Waals surface area contributed by atoms with Gasteiger partial charge in [-0.3, -0.25) is 9.59 Å². The van der Waals surface area contributed by atoms with Crippen LogP contribution in [0.1, 0.15) is 52.6 Å². The summed E-state index contributed by atoms with van der Waals surface area (Å²) in [5, 5.41) is 2.77. The second kappa shape index (κ2) is 10.7. The van der Waals surface area contributed by atoms with Gasteiger partial charge in [0.15, 0.2) is 12.9 Å². The Morgan fingerprint density at radius 2 is 1.93 bits per heavy atom. The third-order valence-corrected chi connectivity index (χ3v) is 3.52. The fraction of sp³-hybridized carbons (Fsp3) is 0.400. The van der Waals surface area contributed by atoms with Crippen LogP contribution in [-0.4, -0.2) is 34.9 Å². The Hall–Kier alpha value is -3.01. The molecule has 30 heavy (non-hydrogen) atoms. The fourth-order valence-corrected chi connectivity index (χ4v) is 1.81. The van der Waals surface area contributed by atoms with E-state index in [1.807, 2.05) is 33.8 Å². The number of aromatic nitrogens is 2. The summed E-state index contributed by atoms with van der Waals surface area (Å²) in [6, 6.07) is 6.11. The maximum absolute atomic E-state index is 11.7. The first kappa shape index (κ1) is 25.0. The number of anilines is 1. The van der Waals surface area contributed by atoms with Crippen molar-refractivity contribution in [3.05, 3.63) is 47.9 Å². The van der Waals surface area contributed by atoms with Crippen molar-refractivity contribution in [1.29, 1.82) is 0 Å². The molecule has 0 spiro atoms. The largest absolute Gasteiger partial charge is 0.483 e. The van der Waals surface area contributed by atoms with Crippen LogP contribution in [0.15, 0.2) is 36.7 Å². The van der Waals surface area contributed by atoms with E-state index in [9.17, 15) is 22.8 Å². The lowest BCUT2D eigenvalue weighted by Gasteiger charge is -2.17. The molecule has 7 nitrogen and oxygen atoms in total. The first-order valence-corrected chi connectivity index (χ1v) is 8.95. The topological polar surface area (TPSA) is 107 Å². The Bertz CT molecular complexity index is 843. The number of halogens is 3. The van der Waals surface area contributed by atoms with Crippen molar-refractivity contribution in [2.75, 3.05) is 11.9 Å². The first-order valence-electron chi connectivity index (χ1n) is 8.95. The Balaban J connectivity index is 0. The van der Waals surface area contributed by atoms with Crippen molar-refractivity contribution in [2.45, 2.75) is 39.9 Å². The summed E-state index contributed by atoms with van der Waals surface area (Å²) in [4.78, 5) is 29.5. The minimum Gasteiger partial charge on any atom is -0.483 e. The zero-order valence-corrected chi connectivity index (χ0v) is 17.2. The van der Waals surface area contributed by atoms with E-state index in [4.69, 9.17) is 5.73 Å². The minimum atomic E-state index is -4.37. The molecule has 168 valence electrons. The molecule has 2 rings (SSSR count). The van der Waals surface area contributed by atoms with Crippen LogP contribution in [0.4, 0.5) is 19.0 Å². The number of amides is 1. The van der Waals surface area contributed by atoms with Gasteiger partial charge in [0.2, 0.25) is 5.91 Å². The normalized spacial score (nSPS) is 12.3. The van der Waals surface area contributed by atoms with Crippen LogP contribution in [0.2, 0.25) is 0 Å². The van der Waals surface area contributed by atoms with Crippen molar-refractivity contribution >= 4 is 18.0 Å². The highest BCUT2D eigenvalue weighted by Crippen LogP contribution is 2.19. The van der Waals surface area contributed by atoms with E-state index < -0.39 is 18.2 Å². The van der Waals surface area contributed by atoms with Gasteiger partial charge in [-0.25, -0.2) is 9.97 Å². The van der Waals surface area contributed by atoms with Crippen molar-refractivity contribution in [1.82, 2.24) is 9.97 Å². The molecule has 2 heterocycles. The molecule has 1 unspecified atom stereocenters. The van der Waals surface area contributed by atoms with Gasteiger partial charge in [-0.05, 0) is 36.8 Å². The molecule has 0 aromatic carbocycles. The standard InChI is InChI=1S/C12H19N3O.C8H6F3NO2.2H2/c1-8(13)9-5-6-14-10(7-9)15-11(16)12(2,3)4;9-8(10,11)5-14-7-2-1-6(4-13)12-3-7;;/h5-8H,13H2,1-4H3,(H,14,15,16);1-4H,5H2;2*1H. The highest BCUT2D eigenvalue weighted by molar-refractivity contribution is 5.93. The van der Waals surface area contributed by atoms with Crippen molar-refractivity contribution in [3.8, 4) is 5.75 Å². The maximum atomic E-state index is 11.7. The predicted molar refractivity (Wildman–Crippen MR) is 110 cm³/mol. The molecule has 0 saturated heterocycles. The second-order valence-corrected chi connectivity index (χ2v) is 7.41. The maximum Gasteiger partial charge on any atom is 0.422 e. The van der Waals surface area contributed by atoms with Crippen LogP contribution >= 0.6 is 0 Å². The van der Waals surface area contributed by atoms with Crippen LogP contribution in [0, 0.1) is 5.41 Å². The number of rotatable bonds is 5. The average Bonchev–Trinajstić information content (AvgIpc) is 2.66. The minimum absolute atomic E-state index is 0. The Morgan fingerprint density at radius 1 is 1.27 bits per heavy atom. The molecule has 1 atom stereocenters. The van der Waals surface area contributed by atoms with Crippen LogP contribution < -0.4 is 15.8 Å². The number of hydrogen-bond donors (Lipinski definition) is 2. The summed E-state index contributed by atoms with van der Waals surface area (Å²) in [6.45, 7) is 6.10. The number of alkyl halides is 3. The molecule has 10 heteroatoms. The second-order valence-electron chi connectivity index (χ2n) is 7.41. The number of carbonyl (C=O) groups excluding carboxylic acids is 2. The van der Waals surface area contributed by atoms with E-state index >= 15 is 0 Å². The Morgan fingerprint density at radius 3 is 2.40 bits per heavy atom. The molecule has 1 amide bonds. The lowest BCUT2D eigenvalue weighted by Crippen LogP contribution is -2.28. The van der Waals surface area contributed by atoms with Gasteiger partial charge >= 0.3 is 6.18 Å². The van der Waals surface area contributed by atoms with Gasteiger partial charge in [-0.1, -0.05) is 20.8 Å². The molecule has 2 aromatic rings. The summed E-state index contributed by atoms with van der Waals surface area (Å²) in [6.07, 6.45) is -1.16. The molecular formula is C20H29F3N4O3. The molecule has 0 bridgehead atoms. The highest BCUT2D eigenvalue weighted by atomic mass is 19.4. The van der Waals surface area contributed by atoms with Crippen molar-refractivity contribution < 1.29 is 30.4 Å². The summed E-state index contributed by atoms with van der Waals surface area (Å²) in [5.74, 6) is 0.476. The SMILES string of the molecule is CC(N)c1ccnc(NC(=O)C(C)(C)C)c1.O=Cc1ccc(OCC(F)(F)F)cn1.[HH].[HH]. The summed E-state index contributed by atoms with van der Waals surface area (Å²) in [7, 11) is 0. The van der Waals surface area contributed by atoms with E-state index in [-0.39, 0.29) is 26.2 Å². The number of nitrogens with zero attached hydrogens (tertiary/aromatic N) is 2. The summed E-state index contributed by atoms with van der Waals surface area (Å²) in [5.41, 5.74) is 6.43. The quantitative estimate of drug-likeness (QED) is 0.681. The van der Waals surface area contributed by atoms with E-state index in [1.165, 1.54) is 12.1 Å². The number of carbonyl (C=O) groups is 2. The lowest BCUT2D eigenvalue weighted by atomic mass is 9.96. The summed E-state index contributed by atoms with van der Waals surface area (Å²) < 4.78 is 39.4. The molecule has 2 aromatic heterocycles. The third kappa shape index (κ3) is 9.46. The molecule has 0 aliphatic carbocycles. The average molecular weight is 430 g/mol. The number of nitrogens with two attached hydrogens (primary N) is 1. The van der Waals surface area contributed by atoms with E-state index in [1.54, 1.807) is 12.3 Å². The van der Waals surface area contributed by atoms with Crippen molar-refractivity contribution in [3.63, 3.8) is 0 Å². The van der Waals surface area contributed by atoms with Crippen LogP contribution in [0.25, 0.3) is 0 Å². The van der Waals surface area contributed by atoms with Gasteiger partial charge in [0.05, 0.1) is 6.20 Å². The van der Waals surface area contributed by atoms with Crippen LogP contribution in [-0.2, 0) is 4.79 Å². The van der Waals surface area contributed by atoms with Gasteiger partial charge in [0.25, 0.3) is 0 Å². The zero-order chi connectivity index (χ0) is 22.9. The molecular weight excluding hydrogens is 401 g/mol. The highest BCUT2D eigenvalue weighted by Gasteiger charge is 2.28. The molecule has 3 N–H and O–H groups in total. The van der Waals surface area contributed by atoms with Gasteiger partial charge in [-0.15, -0.1) is 0 Å². The Kier molecular flexibility index (Phi) is 8.91. The van der Waals surface area contributed by atoms with E-state index in [2.05, 4.69) is 20.0 Å². The predicted octanol–water partition coefficient (Wildman–Crippen LogP) is 4.41. The Labute approximate surface area is 175 Å². The van der Waals surface area contributed by atoms with Gasteiger partial charge < -0.3 is 15.8 Å². The zero-order valence-electron chi connectivity index (χ0n) is 17.2. The summed E-state index contributed by atoms with van der Waals surface area (Å²) >= 11 is 0. The molecule has 0 fully saturated rings. The van der Waals surface area contributed by atoms with Gasteiger partial charge in [-0.2, -0.15) is 13.2 Å². The van der Waals surface area contributed by atoms with Gasteiger partial charge in [0.1, 0.15) is 17.3 Å². The number of nitrogens with one attached hydrogen (secondary N) is 1. The molecule has 0 aliphatic rings. The lowest BCUT2D eigenvalue weighted by molar-refractivity contribution is -0.153. The van der Waals surface area contributed by atoms with Crippen molar-refractivity contribution in [2.24, 2.45) is 11.1 Å². The molecule has 0 saturated carbocycles. The van der Waals surface area contributed by atoms with E-state index in [0.29, 0.717) is 12.1 Å². The third-order valence-electron chi connectivity index (χ3n) is 3.52. The number of ether oxygens (including phenoxy) is 1. The monoisotopic (exact) mass is 430 g/mol. The van der Waals surface area contributed by atoms with Crippen LogP contribution in [0.3, 0.4) is 0 Å². The molecule has 0 radical (unpaired) electrons. The number of pyridine rings is 2. The first-order chi connectivity index (χ1) is 13.8. The van der Waals surface area contributed by atoms with Gasteiger partial charge in [0, 0.05) is 20.5 Å². The fourth-order valence-electron chi connectivity index (χ4n) is 1.81. The molecule has 0 aliphatic heterocycles. The number of hydrogen-bond acceptors (Lipinski definition) is 6. The van der Waals surface area contributed by atoms with Crippen LogP contribution in [0.5, 0.6) is 5.75 Å². The smallest absolute Gasteiger partial charge is 0.422 e. The number of aldehydes is 1. The van der Waals surface area contributed by atoms with E-state index in [0.717, 1.165) is 11.8 Å².